The smallest absolute Gasteiger partial charge is 0.305 e. The van der Waals surface area contributed by atoms with Gasteiger partial charge in [0.1, 0.15) is 0 Å². The number of aliphatic hydroxyl groups excluding tert-OH is 2. The van der Waals surface area contributed by atoms with E-state index < -0.39 is 0 Å². The molecule has 0 bridgehead atoms. The predicted octanol–water partition coefficient (Wildman–Crippen LogP) is 28.2. The Morgan fingerprint density at radius 1 is 0.229 bits per heavy atom. The molecular weight excluding hydrogens is 1300 g/mol. The van der Waals surface area contributed by atoms with Crippen LogP contribution in [0, 0.1) is 29.6 Å². The average molecular weight is 1490 g/mol. The molecule has 4 unspecified atom stereocenters. The van der Waals surface area contributed by atoms with Gasteiger partial charge in [0.15, 0.2) is 0 Å². The summed E-state index contributed by atoms with van der Waals surface area (Å²) in [7, 11) is 2.23. The second-order valence-corrected chi connectivity index (χ2v) is 33.1. The van der Waals surface area contributed by atoms with Crippen LogP contribution in [0.3, 0.4) is 0 Å². The van der Waals surface area contributed by atoms with Gasteiger partial charge in [0.25, 0.3) is 0 Å². The van der Waals surface area contributed by atoms with Gasteiger partial charge in [0, 0.05) is 51.5 Å². The minimum atomic E-state index is 0.00313. The third-order valence-corrected chi connectivity index (χ3v) is 22.8. The number of unbranched alkanes of at least 4 members (excludes halogenated alkanes) is 37. The summed E-state index contributed by atoms with van der Waals surface area (Å²) in [4.78, 5) is 52.0. The summed E-state index contributed by atoms with van der Waals surface area (Å²) in [6.45, 7) is 22.0. The summed E-state index contributed by atoms with van der Waals surface area (Å²) < 4.78 is 22.8. The minimum Gasteiger partial charge on any atom is -0.465 e. The number of carbonyl (C=O) groups is 4. The van der Waals surface area contributed by atoms with E-state index in [0.29, 0.717) is 88.4 Å². The van der Waals surface area contributed by atoms with E-state index >= 15 is 0 Å². The number of carbonyl (C=O) groups excluding carboxylic acids is 4. The normalized spacial score (nSPS) is 13.3. The Morgan fingerprint density at radius 3 is 0.657 bits per heavy atom. The highest BCUT2D eigenvalue weighted by atomic mass is 16.5. The molecule has 0 amide bonds. The van der Waals surface area contributed by atoms with Crippen molar-refractivity contribution in [2.45, 2.75) is 498 Å². The van der Waals surface area contributed by atoms with Crippen molar-refractivity contribution in [3.05, 3.63) is 0 Å². The highest BCUT2D eigenvalue weighted by molar-refractivity contribution is 5.70. The lowest BCUT2D eigenvalue weighted by atomic mass is 9.90. The number of nitrogens with zero attached hydrogens (tertiary/aromatic N) is 1. The molecule has 2 N–H and O–H groups in total. The Morgan fingerprint density at radius 2 is 0.419 bits per heavy atom. The number of hydrogen-bond donors (Lipinski definition) is 2. The number of hydrogen-bond acceptors (Lipinski definition) is 11. The number of esters is 4. The molecule has 0 heterocycles. The molecule has 0 rings (SSSR count). The van der Waals surface area contributed by atoms with Crippen LogP contribution in [0.1, 0.15) is 492 Å². The van der Waals surface area contributed by atoms with Crippen molar-refractivity contribution >= 4 is 23.9 Å². The Hall–Kier alpha value is -2.24. The summed E-state index contributed by atoms with van der Waals surface area (Å²) in [6.07, 6.45) is 79.9. The first-order valence-corrected chi connectivity index (χ1v) is 47.0. The number of aliphatic hydroxyl groups is 2. The Bertz CT molecular complexity index is 1650. The summed E-state index contributed by atoms with van der Waals surface area (Å²) in [5, 5.41) is 18.7. The monoisotopic (exact) mass is 1490 g/mol. The van der Waals surface area contributed by atoms with Gasteiger partial charge in [0.05, 0.1) is 26.4 Å². The highest BCUT2D eigenvalue weighted by Gasteiger charge is 2.19. The fourth-order valence-corrected chi connectivity index (χ4v) is 15.4. The molecule has 0 saturated carbocycles. The second kappa shape index (κ2) is 85.8. The lowest BCUT2D eigenvalue weighted by molar-refractivity contribution is -0.146. The fraction of sp³-hybridized carbons (Fsp3) is 0.957. The lowest BCUT2D eigenvalue weighted by Gasteiger charge is -2.28. The van der Waals surface area contributed by atoms with Gasteiger partial charge >= 0.3 is 23.9 Å². The molecule has 626 valence electrons. The standard InChI is InChI=1S/C47H93NO5.C47H92O5/c1-6-10-14-24-33-43(31-12-8-3)41-52-46(50)37-28-22-18-16-20-26-35-45(48(5)39-30-40-49)36-27-21-17-19-23-29-38-47(51)53-42-44(32-13-9-4)34-25-15-11-7-2;1-5-9-13-23-36-44(31-11-7-3)41-51-46(49)38-27-21-17-15-19-25-33-43(35-29-30-40-48)34-26-20-16-18-22-28-39-47(50)52-42-45(32-12-8-4)37-24-14-10-6-2/h43-45,49H,6-42H2,1-5H3;43-45,48H,5-42H2,1-4H3. The highest BCUT2D eigenvalue weighted by Crippen LogP contribution is 2.27. The molecule has 11 heteroatoms. The van der Waals surface area contributed by atoms with Crippen LogP contribution in [0.25, 0.3) is 0 Å². The maximum absolute atomic E-state index is 12.4. The van der Waals surface area contributed by atoms with Crippen molar-refractivity contribution in [2.24, 2.45) is 29.6 Å². The first kappa shape index (κ1) is 105. The summed E-state index contributed by atoms with van der Waals surface area (Å²) >= 11 is 0. The van der Waals surface area contributed by atoms with E-state index in [4.69, 9.17) is 18.9 Å². The zero-order chi connectivity index (χ0) is 77.2. The average Bonchev–Trinajstić information content (AvgIpc) is 1.17. The molecule has 0 spiro atoms. The molecule has 0 saturated heterocycles. The van der Waals surface area contributed by atoms with E-state index in [1.165, 1.54) is 340 Å². The fourth-order valence-electron chi connectivity index (χ4n) is 15.4. The Balaban J connectivity index is 0. The van der Waals surface area contributed by atoms with Crippen LogP contribution >= 0.6 is 0 Å². The first-order valence-electron chi connectivity index (χ1n) is 47.0. The van der Waals surface area contributed by atoms with E-state index in [0.717, 1.165) is 83.1 Å². The van der Waals surface area contributed by atoms with Crippen molar-refractivity contribution < 1.29 is 48.3 Å². The largest absolute Gasteiger partial charge is 0.465 e. The molecular formula is C94H185NO10. The van der Waals surface area contributed by atoms with Gasteiger partial charge in [-0.1, -0.05) is 364 Å². The van der Waals surface area contributed by atoms with E-state index in [1.807, 2.05) is 0 Å². The molecule has 0 aliphatic heterocycles. The van der Waals surface area contributed by atoms with Crippen LogP contribution in [-0.2, 0) is 38.1 Å². The molecule has 0 aromatic rings. The number of rotatable bonds is 84. The lowest BCUT2D eigenvalue weighted by Crippen LogP contribution is -2.33. The van der Waals surface area contributed by atoms with Crippen molar-refractivity contribution in [3.63, 3.8) is 0 Å². The van der Waals surface area contributed by atoms with Gasteiger partial charge in [-0.3, -0.25) is 19.2 Å². The predicted molar refractivity (Wildman–Crippen MR) is 451 cm³/mol. The maximum Gasteiger partial charge on any atom is 0.305 e. The van der Waals surface area contributed by atoms with Crippen molar-refractivity contribution in [2.75, 3.05) is 53.2 Å². The first-order chi connectivity index (χ1) is 51.4. The van der Waals surface area contributed by atoms with Gasteiger partial charge in [-0.05, 0) is 139 Å². The van der Waals surface area contributed by atoms with Crippen molar-refractivity contribution in [3.8, 4) is 0 Å². The maximum atomic E-state index is 12.4. The zero-order valence-electron chi connectivity index (χ0n) is 72.1. The Kier molecular flexibility index (Phi) is 85.6. The number of ether oxygens (including phenoxy) is 4. The molecule has 4 atom stereocenters. The van der Waals surface area contributed by atoms with Crippen LogP contribution in [0.5, 0.6) is 0 Å². The van der Waals surface area contributed by atoms with Crippen LogP contribution < -0.4 is 0 Å². The van der Waals surface area contributed by atoms with E-state index in [2.05, 4.69) is 67.3 Å². The molecule has 0 aromatic carbocycles. The van der Waals surface area contributed by atoms with Gasteiger partial charge in [0.2, 0.25) is 0 Å². The molecule has 0 aromatic heterocycles. The molecule has 0 radical (unpaired) electrons. The minimum absolute atomic E-state index is 0.00313. The molecule has 0 aliphatic rings. The summed E-state index contributed by atoms with van der Waals surface area (Å²) in [5.74, 6) is 2.99. The third-order valence-electron chi connectivity index (χ3n) is 22.8. The molecule has 11 nitrogen and oxygen atoms in total. The van der Waals surface area contributed by atoms with Gasteiger partial charge in [-0.15, -0.1) is 0 Å². The SMILES string of the molecule is CCCCCCC(CCCC)COC(=O)CCCCCCCCC(CCCCCCCCC(=O)OCC(CCCC)CCCCCC)N(C)CCCO.CCCCCCC(CCCC)COC(=O)CCCCCCCCC(CCCCO)CCCCCCCCC(=O)OCC(CCCC)CCCCCC. The van der Waals surface area contributed by atoms with Crippen molar-refractivity contribution in [1.29, 1.82) is 0 Å². The van der Waals surface area contributed by atoms with Gasteiger partial charge in [-0.2, -0.15) is 0 Å². The molecule has 105 heavy (non-hydrogen) atoms. The molecule has 0 fully saturated rings. The zero-order valence-corrected chi connectivity index (χ0v) is 72.1. The van der Waals surface area contributed by atoms with Crippen LogP contribution in [0.4, 0.5) is 0 Å². The van der Waals surface area contributed by atoms with Gasteiger partial charge in [-0.25, -0.2) is 0 Å². The van der Waals surface area contributed by atoms with E-state index in [1.54, 1.807) is 0 Å². The Labute approximate surface area is 654 Å². The van der Waals surface area contributed by atoms with Crippen molar-refractivity contribution in [1.82, 2.24) is 4.90 Å². The third kappa shape index (κ3) is 76.9. The van der Waals surface area contributed by atoms with Crippen LogP contribution in [0.2, 0.25) is 0 Å². The van der Waals surface area contributed by atoms with E-state index in [-0.39, 0.29) is 30.5 Å². The molecule has 0 aliphatic carbocycles. The summed E-state index contributed by atoms with van der Waals surface area (Å²) in [5.41, 5.74) is 0. The second-order valence-electron chi connectivity index (χ2n) is 33.1. The topological polar surface area (TPSA) is 149 Å². The van der Waals surface area contributed by atoms with E-state index in [9.17, 15) is 29.4 Å². The summed E-state index contributed by atoms with van der Waals surface area (Å²) in [6, 6.07) is 0.590. The van der Waals surface area contributed by atoms with Crippen LogP contribution in [0.15, 0.2) is 0 Å². The van der Waals surface area contributed by atoms with Crippen LogP contribution in [-0.4, -0.2) is 98.3 Å². The van der Waals surface area contributed by atoms with Gasteiger partial charge < -0.3 is 34.1 Å². The quantitative estimate of drug-likeness (QED) is 0.0340.